The number of nitrogens with one attached hydrogen (secondary N) is 2. The predicted octanol–water partition coefficient (Wildman–Crippen LogP) is 3.15. The van der Waals surface area contributed by atoms with Gasteiger partial charge >= 0.3 is 0 Å². The molecule has 4 rings (SSSR count). The monoisotopic (exact) mass is 373 g/mol. The molecule has 2 N–H and O–H groups in total. The average Bonchev–Trinajstić information content (AvgIpc) is 2.71. The van der Waals surface area contributed by atoms with Crippen molar-refractivity contribution in [1.82, 2.24) is 15.6 Å². The lowest BCUT2D eigenvalue weighted by molar-refractivity contribution is -0.129. The molecule has 2 amide bonds. The van der Waals surface area contributed by atoms with Crippen molar-refractivity contribution in [3.05, 3.63) is 65.9 Å². The normalized spacial score (nSPS) is 16.6. The van der Waals surface area contributed by atoms with Crippen LogP contribution in [0, 0.1) is 6.92 Å². The van der Waals surface area contributed by atoms with Gasteiger partial charge in [-0.15, -0.1) is 0 Å². The van der Waals surface area contributed by atoms with E-state index in [0.29, 0.717) is 13.0 Å². The summed E-state index contributed by atoms with van der Waals surface area (Å²) in [5, 5.41) is 6.73. The van der Waals surface area contributed by atoms with Gasteiger partial charge in [0.05, 0.1) is 11.9 Å². The first-order valence-electron chi connectivity index (χ1n) is 9.64. The van der Waals surface area contributed by atoms with Gasteiger partial charge in [0.1, 0.15) is 6.04 Å². The van der Waals surface area contributed by atoms with E-state index < -0.39 is 6.04 Å². The number of para-hydroxylation sites is 1. The largest absolute Gasteiger partial charge is 0.354 e. The third kappa shape index (κ3) is 3.60. The molecule has 1 atom stereocenters. The molecule has 0 radical (unpaired) electrons. The van der Waals surface area contributed by atoms with Gasteiger partial charge < -0.3 is 10.6 Å². The molecule has 142 valence electrons. The molecule has 3 aromatic rings. The van der Waals surface area contributed by atoms with Gasteiger partial charge in [-0.3, -0.25) is 14.6 Å². The minimum Gasteiger partial charge on any atom is -0.354 e. The van der Waals surface area contributed by atoms with Gasteiger partial charge in [-0.1, -0.05) is 48.5 Å². The summed E-state index contributed by atoms with van der Waals surface area (Å²) in [6.07, 6.45) is 1.75. The quantitative estimate of drug-likeness (QED) is 0.738. The molecular weight excluding hydrogens is 350 g/mol. The summed E-state index contributed by atoms with van der Waals surface area (Å²) in [4.78, 5) is 29.5. The molecule has 0 spiro atoms. The molecule has 1 aromatic heterocycles. The Labute approximate surface area is 164 Å². The van der Waals surface area contributed by atoms with Crippen LogP contribution in [0.1, 0.15) is 24.1 Å². The average molecular weight is 373 g/mol. The minimum absolute atomic E-state index is 0.101. The van der Waals surface area contributed by atoms with Crippen molar-refractivity contribution >= 4 is 22.7 Å². The number of carbonyl (C=O) groups is 2. The molecule has 5 nitrogen and oxygen atoms in total. The molecule has 1 unspecified atom stereocenters. The van der Waals surface area contributed by atoms with Crippen molar-refractivity contribution in [2.24, 2.45) is 0 Å². The topological polar surface area (TPSA) is 71.1 Å². The first-order chi connectivity index (χ1) is 13.6. The van der Waals surface area contributed by atoms with E-state index >= 15 is 0 Å². The molecule has 0 saturated carbocycles. The van der Waals surface area contributed by atoms with E-state index in [1.165, 1.54) is 0 Å². The van der Waals surface area contributed by atoms with E-state index in [1.54, 1.807) is 0 Å². The Kier molecular flexibility index (Phi) is 5.06. The van der Waals surface area contributed by atoms with E-state index in [2.05, 4.69) is 22.8 Å². The second kappa shape index (κ2) is 7.80. The van der Waals surface area contributed by atoms with Crippen LogP contribution in [0.4, 0.5) is 0 Å². The van der Waals surface area contributed by atoms with Crippen molar-refractivity contribution in [3.63, 3.8) is 0 Å². The summed E-state index contributed by atoms with van der Waals surface area (Å²) < 4.78 is 0. The highest BCUT2D eigenvalue weighted by molar-refractivity contribution is 5.98. The molecule has 0 aliphatic carbocycles. The third-order valence-corrected chi connectivity index (χ3v) is 5.22. The Morgan fingerprint density at radius 1 is 1.14 bits per heavy atom. The number of aryl methyl sites for hydroxylation is 1. The smallest absolute Gasteiger partial charge is 0.242 e. The highest BCUT2D eigenvalue weighted by atomic mass is 16.2. The molecule has 2 aromatic carbocycles. The van der Waals surface area contributed by atoms with E-state index in [1.807, 2.05) is 49.4 Å². The number of amides is 2. The fraction of sp³-hybridized carbons (Fsp3) is 0.261. The summed E-state index contributed by atoms with van der Waals surface area (Å²) >= 11 is 0. The molecule has 1 fully saturated rings. The van der Waals surface area contributed by atoms with Crippen LogP contribution in [-0.4, -0.2) is 29.4 Å². The highest BCUT2D eigenvalue weighted by Crippen LogP contribution is 2.33. The number of hydrogen-bond donors (Lipinski definition) is 2. The number of hydrogen-bond acceptors (Lipinski definition) is 3. The second-order valence-corrected chi connectivity index (χ2v) is 7.16. The number of piperidine rings is 1. The summed E-state index contributed by atoms with van der Waals surface area (Å²) in [6.45, 7) is 2.62. The van der Waals surface area contributed by atoms with E-state index in [0.717, 1.165) is 39.7 Å². The van der Waals surface area contributed by atoms with Crippen LogP contribution < -0.4 is 10.6 Å². The van der Waals surface area contributed by atoms with E-state index in [4.69, 9.17) is 4.98 Å². The van der Waals surface area contributed by atoms with E-state index in [-0.39, 0.29) is 18.2 Å². The summed E-state index contributed by atoms with van der Waals surface area (Å²) in [5.41, 5.74) is 4.74. The zero-order valence-electron chi connectivity index (χ0n) is 15.9. The lowest BCUT2D eigenvalue weighted by Crippen LogP contribution is -2.50. The van der Waals surface area contributed by atoms with Gasteiger partial charge in [0.2, 0.25) is 11.8 Å². The first-order valence-corrected chi connectivity index (χ1v) is 9.64. The highest BCUT2D eigenvalue weighted by Gasteiger charge is 2.24. The predicted molar refractivity (Wildman–Crippen MR) is 110 cm³/mol. The number of pyridine rings is 1. The summed E-state index contributed by atoms with van der Waals surface area (Å²) in [7, 11) is 0. The van der Waals surface area contributed by atoms with Gasteiger partial charge in [0.15, 0.2) is 0 Å². The molecule has 5 heteroatoms. The number of rotatable bonds is 4. The molecule has 0 bridgehead atoms. The Morgan fingerprint density at radius 3 is 2.68 bits per heavy atom. The zero-order valence-corrected chi connectivity index (χ0v) is 15.9. The number of benzene rings is 2. The SMILES string of the molecule is Cc1nc2ccccc2c(-c2ccccc2)c1CC(=O)NC1CCCNC1=O. The Bertz CT molecular complexity index is 1030. The maximum absolute atomic E-state index is 12.8. The molecule has 1 aliphatic rings. The van der Waals surface area contributed by atoms with Gasteiger partial charge in [-0.25, -0.2) is 0 Å². The van der Waals surface area contributed by atoms with Gasteiger partial charge in [-0.2, -0.15) is 0 Å². The van der Waals surface area contributed by atoms with Crippen molar-refractivity contribution in [1.29, 1.82) is 0 Å². The number of nitrogens with zero attached hydrogens (tertiary/aromatic N) is 1. The molecular formula is C23H23N3O2. The lowest BCUT2D eigenvalue weighted by atomic mass is 9.92. The van der Waals surface area contributed by atoms with Crippen LogP contribution in [0.3, 0.4) is 0 Å². The molecule has 1 aliphatic heterocycles. The second-order valence-electron chi connectivity index (χ2n) is 7.16. The van der Waals surface area contributed by atoms with E-state index in [9.17, 15) is 9.59 Å². The van der Waals surface area contributed by atoms with Crippen molar-refractivity contribution in [3.8, 4) is 11.1 Å². The molecule has 28 heavy (non-hydrogen) atoms. The zero-order chi connectivity index (χ0) is 19.5. The van der Waals surface area contributed by atoms with Crippen molar-refractivity contribution in [2.45, 2.75) is 32.2 Å². The van der Waals surface area contributed by atoms with Gasteiger partial charge in [-0.05, 0) is 42.5 Å². The standard InChI is InChI=1S/C23H23N3O2/c1-15-18(14-21(27)26-20-12-7-13-24-23(20)28)22(16-8-3-2-4-9-16)17-10-5-6-11-19(17)25-15/h2-6,8-11,20H,7,12-14H2,1H3,(H,24,28)(H,26,27). The van der Waals surface area contributed by atoms with Crippen molar-refractivity contribution in [2.75, 3.05) is 6.54 Å². The molecule has 2 heterocycles. The fourth-order valence-corrected chi connectivity index (χ4v) is 3.84. The van der Waals surface area contributed by atoms with Crippen LogP contribution in [0.15, 0.2) is 54.6 Å². The van der Waals surface area contributed by atoms with Crippen LogP contribution in [0.2, 0.25) is 0 Å². The third-order valence-electron chi connectivity index (χ3n) is 5.22. The maximum atomic E-state index is 12.8. The van der Waals surface area contributed by atoms with Gasteiger partial charge in [0.25, 0.3) is 0 Å². The lowest BCUT2D eigenvalue weighted by Gasteiger charge is -2.23. The number of aromatic nitrogens is 1. The Hall–Kier alpha value is -3.21. The first kappa shape index (κ1) is 18.2. The van der Waals surface area contributed by atoms with Gasteiger partial charge in [0, 0.05) is 17.6 Å². The number of fused-ring (bicyclic) bond motifs is 1. The Balaban J connectivity index is 1.73. The summed E-state index contributed by atoms with van der Waals surface area (Å²) in [5.74, 6) is -0.254. The number of carbonyl (C=O) groups excluding carboxylic acids is 2. The molecule has 1 saturated heterocycles. The maximum Gasteiger partial charge on any atom is 0.242 e. The van der Waals surface area contributed by atoms with Crippen molar-refractivity contribution < 1.29 is 9.59 Å². The van der Waals surface area contributed by atoms with Crippen LogP contribution in [0.25, 0.3) is 22.0 Å². The van der Waals surface area contributed by atoms with Crippen LogP contribution >= 0.6 is 0 Å². The Morgan fingerprint density at radius 2 is 1.89 bits per heavy atom. The van der Waals surface area contributed by atoms with Crippen LogP contribution in [-0.2, 0) is 16.0 Å². The minimum atomic E-state index is -0.449. The van der Waals surface area contributed by atoms with Crippen LogP contribution in [0.5, 0.6) is 0 Å². The fourth-order valence-electron chi connectivity index (χ4n) is 3.84. The summed E-state index contributed by atoms with van der Waals surface area (Å²) in [6, 6.07) is 17.6.